The molecule has 1 heterocycles. The number of methoxy groups -OCH3 is 1. The number of hydrogen-bond acceptors (Lipinski definition) is 4. The van der Waals surface area contributed by atoms with Crippen LogP contribution in [0.15, 0.2) is 30.3 Å². The molecule has 0 saturated heterocycles. The van der Waals surface area contributed by atoms with Crippen LogP contribution in [0, 0.1) is 24.7 Å². The second-order valence-electron chi connectivity index (χ2n) is 9.87. The fraction of sp³-hybridized carbons (Fsp3) is 0.520. The first-order valence-corrected chi connectivity index (χ1v) is 11.2. The SMILES string of the molecule is COc1ccc(C(=O)c2cc(C)c(C(=O)NC3C4CC5CC3CC(O)(C5)C4)n2C)cc1. The standard InChI is InChI=1S/C25H30N2O4/c1-14-8-20(23(28)16-4-6-19(31-3)7-5-16)27(2)22(14)24(29)26-21-17-9-15-10-18(21)13-25(30,11-15)12-17/h4-8,15,17-18,21,30H,9-13H2,1-3H3,(H,26,29). The molecule has 2 atom stereocenters. The van der Waals surface area contributed by atoms with E-state index in [1.807, 2.05) is 6.92 Å². The molecule has 2 unspecified atom stereocenters. The molecule has 0 aliphatic heterocycles. The van der Waals surface area contributed by atoms with E-state index in [1.54, 1.807) is 49.1 Å². The summed E-state index contributed by atoms with van der Waals surface area (Å²) in [4.78, 5) is 26.4. The van der Waals surface area contributed by atoms with E-state index in [2.05, 4.69) is 5.32 Å². The molecule has 0 radical (unpaired) electrons. The smallest absolute Gasteiger partial charge is 0.268 e. The third kappa shape index (κ3) is 3.37. The molecular formula is C25H30N2O4. The molecule has 4 fully saturated rings. The molecule has 2 N–H and O–H groups in total. The molecule has 6 rings (SSSR count). The van der Waals surface area contributed by atoms with Crippen LogP contribution in [0.5, 0.6) is 5.75 Å². The first kappa shape index (κ1) is 20.3. The highest BCUT2D eigenvalue weighted by Gasteiger charge is 2.55. The molecule has 2 aromatic rings. The van der Waals surface area contributed by atoms with Crippen LogP contribution in [0.3, 0.4) is 0 Å². The van der Waals surface area contributed by atoms with E-state index in [0.29, 0.717) is 40.5 Å². The van der Waals surface area contributed by atoms with Crippen molar-refractivity contribution in [3.8, 4) is 5.75 Å². The number of ketones is 1. The number of ether oxygens (including phenoxy) is 1. The van der Waals surface area contributed by atoms with Gasteiger partial charge in [0.25, 0.3) is 5.91 Å². The quantitative estimate of drug-likeness (QED) is 0.725. The molecule has 4 aliphatic rings. The number of carbonyl (C=O) groups is 2. The number of benzene rings is 1. The molecule has 0 spiro atoms. The normalized spacial score (nSPS) is 31.0. The first-order chi connectivity index (χ1) is 14.8. The Morgan fingerprint density at radius 2 is 1.77 bits per heavy atom. The van der Waals surface area contributed by atoms with E-state index in [4.69, 9.17) is 4.74 Å². The Bertz CT molecular complexity index is 1020. The van der Waals surface area contributed by atoms with E-state index in [1.165, 1.54) is 0 Å². The van der Waals surface area contributed by atoms with Gasteiger partial charge in [0.05, 0.1) is 18.4 Å². The number of rotatable bonds is 5. The molecule has 6 heteroatoms. The van der Waals surface area contributed by atoms with Crippen molar-refractivity contribution in [3.63, 3.8) is 0 Å². The van der Waals surface area contributed by atoms with Crippen LogP contribution in [0.4, 0.5) is 0 Å². The maximum atomic E-state index is 13.3. The molecule has 164 valence electrons. The zero-order valence-electron chi connectivity index (χ0n) is 18.4. The minimum absolute atomic E-state index is 0.111. The van der Waals surface area contributed by atoms with Gasteiger partial charge in [0, 0.05) is 18.7 Å². The van der Waals surface area contributed by atoms with Crippen LogP contribution < -0.4 is 10.1 Å². The topological polar surface area (TPSA) is 80.6 Å². The van der Waals surface area contributed by atoms with Crippen LogP contribution in [0.2, 0.25) is 0 Å². The molecule has 1 amide bonds. The second-order valence-corrected chi connectivity index (χ2v) is 9.87. The molecule has 4 aliphatic carbocycles. The first-order valence-electron chi connectivity index (χ1n) is 11.2. The van der Waals surface area contributed by atoms with Crippen LogP contribution in [-0.4, -0.2) is 40.1 Å². The second kappa shape index (κ2) is 7.23. The van der Waals surface area contributed by atoms with Gasteiger partial charge in [-0.05, 0) is 92.7 Å². The van der Waals surface area contributed by atoms with E-state index >= 15 is 0 Å². The highest BCUT2D eigenvalue weighted by molar-refractivity contribution is 6.09. The van der Waals surface area contributed by atoms with Crippen LogP contribution in [0.1, 0.15) is 64.2 Å². The summed E-state index contributed by atoms with van der Waals surface area (Å²) in [5.74, 6) is 1.74. The molecule has 1 aromatic carbocycles. The maximum absolute atomic E-state index is 13.3. The lowest BCUT2D eigenvalue weighted by molar-refractivity contribution is -0.137. The summed E-state index contributed by atoms with van der Waals surface area (Å²) in [7, 11) is 3.37. The van der Waals surface area contributed by atoms with Gasteiger partial charge in [0.15, 0.2) is 0 Å². The fourth-order valence-corrected chi connectivity index (χ4v) is 6.63. The Morgan fingerprint density at radius 3 is 2.35 bits per heavy atom. The van der Waals surface area contributed by atoms with Gasteiger partial charge in [0.1, 0.15) is 11.4 Å². The van der Waals surface area contributed by atoms with Crippen molar-refractivity contribution >= 4 is 11.7 Å². The average Bonchev–Trinajstić information content (AvgIpc) is 3.03. The Kier molecular flexibility index (Phi) is 4.74. The molecule has 4 bridgehead atoms. The van der Waals surface area contributed by atoms with Crippen molar-refractivity contribution in [1.29, 1.82) is 0 Å². The van der Waals surface area contributed by atoms with Gasteiger partial charge in [-0.2, -0.15) is 0 Å². The summed E-state index contributed by atoms with van der Waals surface area (Å²) in [5.41, 5.74) is 1.86. The number of carbonyl (C=O) groups excluding carboxylic acids is 2. The molecule has 1 aromatic heterocycles. The fourth-order valence-electron chi connectivity index (χ4n) is 6.63. The summed E-state index contributed by atoms with van der Waals surface area (Å²) in [5, 5.41) is 14.1. The lowest BCUT2D eigenvalue weighted by atomic mass is 9.52. The summed E-state index contributed by atoms with van der Waals surface area (Å²) in [6.07, 6.45) is 4.69. The summed E-state index contributed by atoms with van der Waals surface area (Å²) in [6, 6.07) is 8.90. The highest BCUT2D eigenvalue weighted by Crippen LogP contribution is 2.55. The van der Waals surface area contributed by atoms with Crippen LogP contribution in [0.25, 0.3) is 0 Å². The molecule has 6 nitrogen and oxygen atoms in total. The minimum atomic E-state index is -0.517. The van der Waals surface area contributed by atoms with Crippen molar-refractivity contribution < 1.29 is 19.4 Å². The number of aliphatic hydroxyl groups is 1. The van der Waals surface area contributed by atoms with Gasteiger partial charge in [-0.15, -0.1) is 0 Å². The minimum Gasteiger partial charge on any atom is -0.497 e. The van der Waals surface area contributed by atoms with E-state index in [0.717, 1.165) is 37.7 Å². The summed E-state index contributed by atoms with van der Waals surface area (Å²) < 4.78 is 6.88. The Balaban J connectivity index is 1.37. The van der Waals surface area contributed by atoms with E-state index in [9.17, 15) is 14.7 Å². The predicted octanol–water partition coefficient (Wildman–Crippen LogP) is 3.24. The number of nitrogens with one attached hydrogen (secondary N) is 1. The number of amides is 1. The van der Waals surface area contributed by atoms with Gasteiger partial charge < -0.3 is 19.7 Å². The van der Waals surface area contributed by atoms with Gasteiger partial charge >= 0.3 is 0 Å². The maximum Gasteiger partial charge on any atom is 0.268 e. The largest absolute Gasteiger partial charge is 0.497 e. The number of aryl methyl sites for hydroxylation is 1. The Hall–Kier alpha value is -2.60. The van der Waals surface area contributed by atoms with Gasteiger partial charge in [0.2, 0.25) is 5.78 Å². The van der Waals surface area contributed by atoms with Crippen molar-refractivity contribution in [2.24, 2.45) is 24.8 Å². The van der Waals surface area contributed by atoms with E-state index in [-0.39, 0.29) is 17.7 Å². The molecular weight excluding hydrogens is 392 g/mol. The van der Waals surface area contributed by atoms with E-state index < -0.39 is 5.60 Å². The number of hydrogen-bond donors (Lipinski definition) is 2. The monoisotopic (exact) mass is 422 g/mol. The Morgan fingerprint density at radius 1 is 1.13 bits per heavy atom. The van der Waals surface area contributed by atoms with Gasteiger partial charge in [-0.3, -0.25) is 9.59 Å². The predicted molar refractivity (Wildman–Crippen MR) is 116 cm³/mol. The van der Waals surface area contributed by atoms with Gasteiger partial charge in [-0.1, -0.05) is 0 Å². The lowest BCUT2D eigenvalue weighted by Gasteiger charge is -2.58. The summed E-state index contributed by atoms with van der Waals surface area (Å²) in [6.45, 7) is 1.87. The van der Waals surface area contributed by atoms with Crippen LogP contribution >= 0.6 is 0 Å². The average molecular weight is 423 g/mol. The third-order valence-electron chi connectivity index (χ3n) is 7.76. The molecule has 4 saturated carbocycles. The zero-order valence-corrected chi connectivity index (χ0v) is 18.4. The lowest BCUT2D eigenvalue weighted by Crippen LogP contribution is -2.61. The van der Waals surface area contributed by atoms with Crippen LogP contribution in [-0.2, 0) is 7.05 Å². The zero-order chi connectivity index (χ0) is 21.9. The summed E-state index contributed by atoms with van der Waals surface area (Å²) >= 11 is 0. The Labute approximate surface area is 182 Å². The van der Waals surface area contributed by atoms with Gasteiger partial charge in [-0.25, -0.2) is 0 Å². The van der Waals surface area contributed by atoms with Crippen molar-refractivity contribution in [1.82, 2.24) is 9.88 Å². The highest BCUT2D eigenvalue weighted by atomic mass is 16.5. The third-order valence-corrected chi connectivity index (χ3v) is 7.76. The number of aromatic nitrogens is 1. The number of nitrogens with zero attached hydrogens (tertiary/aromatic N) is 1. The van der Waals surface area contributed by atoms with Crippen molar-refractivity contribution in [3.05, 3.63) is 52.8 Å². The van der Waals surface area contributed by atoms with Crippen molar-refractivity contribution in [2.45, 2.75) is 50.7 Å². The molecule has 31 heavy (non-hydrogen) atoms. The van der Waals surface area contributed by atoms with Crippen molar-refractivity contribution in [2.75, 3.05) is 7.11 Å².